The first-order valence-corrected chi connectivity index (χ1v) is 6.47. The van der Waals surface area contributed by atoms with Gasteiger partial charge in [-0.05, 0) is 44.1 Å². The fourth-order valence-electron chi connectivity index (χ4n) is 2.53. The lowest BCUT2D eigenvalue weighted by molar-refractivity contribution is 0.337. The average Bonchev–Trinajstić information content (AvgIpc) is 2.31. The van der Waals surface area contributed by atoms with Gasteiger partial charge >= 0.3 is 0 Å². The number of nitrogens with one attached hydrogen (secondary N) is 2. The van der Waals surface area contributed by atoms with Gasteiger partial charge in [-0.15, -0.1) is 0 Å². The van der Waals surface area contributed by atoms with E-state index >= 15 is 0 Å². The Morgan fingerprint density at radius 2 is 2.12 bits per heavy atom. The third-order valence-corrected chi connectivity index (χ3v) is 4.06. The zero-order valence-corrected chi connectivity index (χ0v) is 11.7. The van der Waals surface area contributed by atoms with Crippen molar-refractivity contribution in [1.82, 2.24) is 10.9 Å². The smallest absolute Gasteiger partial charge is 0.0490 e. The molecule has 0 saturated heterocycles. The maximum atomic E-state index is 4.12. The van der Waals surface area contributed by atoms with E-state index in [2.05, 4.69) is 51.7 Å². The Balaban J connectivity index is 3.26. The SMILES string of the molecule is C=C(C)/C1=C(\C)C(C)(CC)CCCNNC1=C. The third-order valence-electron chi connectivity index (χ3n) is 4.06. The second kappa shape index (κ2) is 5.54. The minimum Gasteiger partial charge on any atom is -0.321 e. The lowest BCUT2D eigenvalue weighted by Crippen LogP contribution is -2.31. The van der Waals surface area contributed by atoms with E-state index < -0.39 is 0 Å². The lowest BCUT2D eigenvalue weighted by atomic mass is 9.73. The highest BCUT2D eigenvalue weighted by Gasteiger charge is 2.28. The van der Waals surface area contributed by atoms with Gasteiger partial charge in [0.2, 0.25) is 0 Å². The molecule has 0 aromatic carbocycles. The van der Waals surface area contributed by atoms with E-state index in [4.69, 9.17) is 0 Å². The van der Waals surface area contributed by atoms with Gasteiger partial charge < -0.3 is 5.43 Å². The molecule has 0 radical (unpaired) electrons. The summed E-state index contributed by atoms with van der Waals surface area (Å²) in [6.45, 7) is 18.1. The van der Waals surface area contributed by atoms with Crippen molar-refractivity contribution in [3.63, 3.8) is 0 Å². The summed E-state index contributed by atoms with van der Waals surface area (Å²) in [4.78, 5) is 0. The molecule has 2 heteroatoms. The summed E-state index contributed by atoms with van der Waals surface area (Å²) in [7, 11) is 0. The summed E-state index contributed by atoms with van der Waals surface area (Å²) >= 11 is 0. The monoisotopic (exact) mass is 234 g/mol. The molecule has 17 heavy (non-hydrogen) atoms. The summed E-state index contributed by atoms with van der Waals surface area (Å²) < 4.78 is 0. The Hall–Kier alpha value is -1.02. The average molecular weight is 234 g/mol. The summed E-state index contributed by atoms with van der Waals surface area (Å²) in [6, 6.07) is 0. The molecule has 2 nitrogen and oxygen atoms in total. The van der Waals surface area contributed by atoms with Crippen LogP contribution in [0.5, 0.6) is 0 Å². The molecule has 0 aromatic heterocycles. The molecule has 0 saturated carbocycles. The van der Waals surface area contributed by atoms with E-state index in [1.165, 1.54) is 24.0 Å². The van der Waals surface area contributed by atoms with Crippen LogP contribution >= 0.6 is 0 Å². The molecule has 1 atom stereocenters. The Labute approximate surface area is 106 Å². The molecular formula is C15H26N2. The van der Waals surface area contributed by atoms with Crippen LogP contribution in [0.25, 0.3) is 0 Å². The molecule has 1 aliphatic heterocycles. The Kier molecular flexibility index (Phi) is 4.58. The van der Waals surface area contributed by atoms with E-state index in [0.717, 1.165) is 24.2 Å². The number of hydrogen-bond acceptors (Lipinski definition) is 2. The van der Waals surface area contributed by atoms with Crippen LogP contribution in [0.4, 0.5) is 0 Å². The van der Waals surface area contributed by atoms with Crippen molar-refractivity contribution in [3.05, 3.63) is 35.6 Å². The van der Waals surface area contributed by atoms with E-state index in [1.54, 1.807) is 0 Å². The zero-order chi connectivity index (χ0) is 13.1. The van der Waals surface area contributed by atoms with E-state index in [1.807, 2.05) is 0 Å². The summed E-state index contributed by atoms with van der Waals surface area (Å²) in [6.07, 6.45) is 3.53. The molecule has 0 fully saturated rings. The lowest BCUT2D eigenvalue weighted by Gasteiger charge is -2.31. The third kappa shape index (κ3) is 3.01. The fourth-order valence-corrected chi connectivity index (χ4v) is 2.53. The van der Waals surface area contributed by atoms with Gasteiger partial charge in [0.05, 0.1) is 0 Å². The van der Waals surface area contributed by atoms with Crippen LogP contribution in [0.15, 0.2) is 35.6 Å². The number of rotatable bonds is 2. The molecule has 0 bridgehead atoms. The number of allylic oxidation sites excluding steroid dienone is 2. The highest BCUT2D eigenvalue weighted by atomic mass is 15.4. The van der Waals surface area contributed by atoms with Gasteiger partial charge in [-0.25, -0.2) is 5.43 Å². The van der Waals surface area contributed by atoms with Gasteiger partial charge in [-0.2, -0.15) is 0 Å². The number of hydrogen-bond donors (Lipinski definition) is 2. The molecule has 96 valence electrons. The van der Waals surface area contributed by atoms with Crippen molar-refractivity contribution in [2.75, 3.05) is 6.54 Å². The van der Waals surface area contributed by atoms with E-state index in [9.17, 15) is 0 Å². The minimum absolute atomic E-state index is 0.255. The van der Waals surface area contributed by atoms with Crippen LogP contribution < -0.4 is 10.9 Å². The predicted molar refractivity (Wildman–Crippen MR) is 75.4 cm³/mol. The molecule has 0 aromatic rings. The predicted octanol–water partition coefficient (Wildman–Crippen LogP) is 3.70. The van der Waals surface area contributed by atoms with Crippen molar-refractivity contribution >= 4 is 0 Å². The highest BCUT2D eigenvalue weighted by Crippen LogP contribution is 2.40. The van der Waals surface area contributed by atoms with Crippen LogP contribution in [-0.4, -0.2) is 6.54 Å². The second-order valence-corrected chi connectivity index (χ2v) is 5.33. The van der Waals surface area contributed by atoms with Crippen molar-refractivity contribution < 1.29 is 0 Å². The first-order chi connectivity index (χ1) is 7.92. The summed E-state index contributed by atoms with van der Waals surface area (Å²) in [5.41, 5.74) is 11.3. The first-order valence-electron chi connectivity index (χ1n) is 6.47. The molecule has 1 heterocycles. The topological polar surface area (TPSA) is 24.1 Å². The maximum Gasteiger partial charge on any atom is 0.0490 e. The van der Waals surface area contributed by atoms with Crippen LogP contribution in [-0.2, 0) is 0 Å². The molecular weight excluding hydrogens is 208 g/mol. The zero-order valence-electron chi connectivity index (χ0n) is 11.7. The molecule has 1 rings (SSSR count). The molecule has 0 spiro atoms. The largest absolute Gasteiger partial charge is 0.321 e. The van der Waals surface area contributed by atoms with Crippen molar-refractivity contribution in [3.8, 4) is 0 Å². The van der Waals surface area contributed by atoms with Crippen LogP contribution in [0.2, 0.25) is 0 Å². The van der Waals surface area contributed by atoms with Gasteiger partial charge in [-0.3, -0.25) is 0 Å². The van der Waals surface area contributed by atoms with Gasteiger partial charge in [0.15, 0.2) is 0 Å². The van der Waals surface area contributed by atoms with E-state index in [0.29, 0.717) is 0 Å². The first kappa shape index (κ1) is 14.0. The highest BCUT2D eigenvalue weighted by molar-refractivity contribution is 5.47. The quantitative estimate of drug-likeness (QED) is 0.761. The standard InChI is InChI=1S/C15H26N2/c1-7-15(6)9-8-10-16-17-13(5)14(11(2)3)12(15)4/h16-17H,2,5,7-10H2,1,3-4,6H3/b14-12-. The summed E-state index contributed by atoms with van der Waals surface area (Å²) in [5, 5.41) is 0. The normalized spacial score (nSPS) is 31.2. The number of hydrazine groups is 1. The molecule has 0 aliphatic carbocycles. The summed E-state index contributed by atoms with van der Waals surface area (Å²) in [5.74, 6) is 0. The Bertz CT molecular complexity index is 352. The van der Waals surface area contributed by atoms with Crippen molar-refractivity contribution in [2.45, 2.75) is 47.0 Å². The van der Waals surface area contributed by atoms with Crippen LogP contribution in [0, 0.1) is 5.41 Å². The Morgan fingerprint density at radius 1 is 1.47 bits per heavy atom. The maximum absolute atomic E-state index is 4.12. The molecule has 1 unspecified atom stereocenters. The Morgan fingerprint density at radius 3 is 2.65 bits per heavy atom. The van der Waals surface area contributed by atoms with Crippen LogP contribution in [0.3, 0.4) is 0 Å². The minimum atomic E-state index is 0.255. The second-order valence-electron chi connectivity index (χ2n) is 5.33. The van der Waals surface area contributed by atoms with Gasteiger partial charge in [0, 0.05) is 17.8 Å². The van der Waals surface area contributed by atoms with Crippen molar-refractivity contribution in [2.24, 2.45) is 5.41 Å². The fraction of sp³-hybridized carbons (Fsp3) is 0.600. The van der Waals surface area contributed by atoms with E-state index in [-0.39, 0.29) is 5.41 Å². The van der Waals surface area contributed by atoms with Crippen LogP contribution in [0.1, 0.15) is 47.0 Å². The van der Waals surface area contributed by atoms with Gasteiger partial charge in [0.25, 0.3) is 0 Å². The molecule has 0 amide bonds. The van der Waals surface area contributed by atoms with Gasteiger partial charge in [-0.1, -0.05) is 32.6 Å². The van der Waals surface area contributed by atoms with Crippen molar-refractivity contribution in [1.29, 1.82) is 0 Å². The van der Waals surface area contributed by atoms with Gasteiger partial charge in [0.1, 0.15) is 0 Å². The molecule has 1 aliphatic rings. The molecule has 2 N–H and O–H groups in total.